The van der Waals surface area contributed by atoms with Crippen molar-refractivity contribution in [3.63, 3.8) is 0 Å². The van der Waals surface area contributed by atoms with Gasteiger partial charge in [-0.05, 0) is 37.3 Å². The van der Waals surface area contributed by atoms with E-state index in [1.165, 1.54) is 18.7 Å². The van der Waals surface area contributed by atoms with Crippen LogP contribution in [0.5, 0.6) is 5.88 Å². The molecule has 0 aromatic carbocycles. The highest BCUT2D eigenvalue weighted by molar-refractivity contribution is 5.74. The number of nitrogens with one attached hydrogen (secondary N) is 2. The Morgan fingerprint density at radius 1 is 1.52 bits per heavy atom. The number of hydrogen-bond donors (Lipinski definition) is 2. The molecule has 6 nitrogen and oxygen atoms in total. The maximum absolute atomic E-state index is 12.1. The van der Waals surface area contributed by atoms with Gasteiger partial charge in [-0.15, -0.1) is 0 Å². The molecule has 3 rings (SSSR count). The molecule has 1 spiro atoms. The van der Waals surface area contributed by atoms with Crippen LogP contribution in [0, 0.1) is 0 Å². The summed E-state index contributed by atoms with van der Waals surface area (Å²) >= 11 is 0. The summed E-state index contributed by atoms with van der Waals surface area (Å²) in [4.78, 5) is 15.6. The van der Waals surface area contributed by atoms with E-state index < -0.39 is 6.61 Å². The Labute approximate surface area is 132 Å². The fraction of sp³-hybridized carbons (Fsp3) is 0.600. The van der Waals surface area contributed by atoms with Gasteiger partial charge in [0.15, 0.2) is 0 Å². The molecule has 0 radical (unpaired) electrons. The predicted octanol–water partition coefficient (Wildman–Crippen LogP) is 2.19. The monoisotopic (exact) mass is 327 g/mol. The molecule has 1 atom stereocenters. The molecule has 1 aliphatic carbocycles. The number of amides is 2. The largest absolute Gasteiger partial charge is 0.417 e. The molecule has 0 bridgehead atoms. The number of alkyl halides is 2. The zero-order chi connectivity index (χ0) is 16.3. The topological polar surface area (TPSA) is 72.5 Å². The van der Waals surface area contributed by atoms with E-state index >= 15 is 0 Å². The Morgan fingerprint density at radius 3 is 3.00 bits per heavy atom. The number of aromatic nitrogens is 1. The summed E-state index contributed by atoms with van der Waals surface area (Å²) in [5.74, 6) is -0.171. The van der Waals surface area contributed by atoms with Crippen molar-refractivity contribution >= 4 is 6.03 Å². The highest BCUT2D eigenvalue weighted by Gasteiger charge is 2.45. The SMILES string of the molecule is O=C(NCc1ccnc(OC(F)F)c1)NC1COC2(CCC2)C1. The van der Waals surface area contributed by atoms with Crippen LogP contribution in [0.15, 0.2) is 18.3 Å². The van der Waals surface area contributed by atoms with Gasteiger partial charge in [0.1, 0.15) is 0 Å². The average Bonchev–Trinajstić information content (AvgIpc) is 2.89. The number of pyridine rings is 1. The molecule has 1 saturated carbocycles. The van der Waals surface area contributed by atoms with Gasteiger partial charge in [0, 0.05) is 18.8 Å². The molecule has 8 heteroatoms. The number of halogens is 2. The van der Waals surface area contributed by atoms with Crippen molar-refractivity contribution in [2.75, 3.05) is 6.61 Å². The number of carbonyl (C=O) groups excluding carboxylic acids is 1. The van der Waals surface area contributed by atoms with Crippen LogP contribution in [0.4, 0.5) is 13.6 Å². The van der Waals surface area contributed by atoms with Crippen LogP contribution < -0.4 is 15.4 Å². The molecule has 2 aliphatic rings. The van der Waals surface area contributed by atoms with Crippen LogP contribution in [-0.4, -0.2) is 35.9 Å². The van der Waals surface area contributed by atoms with Crippen molar-refractivity contribution in [3.05, 3.63) is 23.9 Å². The molecule has 2 heterocycles. The summed E-state index contributed by atoms with van der Waals surface area (Å²) in [5, 5.41) is 5.57. The fourth-order valence-corrected chi connectivity index (χ4v) is 2.99. The third-order valence-corrected chi connectivity index (χ3v) is 4.27. The zero-order valence-electron chi connectivity index (χ0n) is 12.6. The van der Waals surface area contributed by atoms with Crippen molar-refractivity contribution in [3.8, 4) is 5.88 Å². The Hall–Kier alpha value is -1.96. The van der Waals surface area contributed by atoms with E-state index in [1.54, 1.807) is 6.07 Å². The normalized spacial score (nSPS) is 22.0. The van der Waals surface area contributed by atoms with E-state index in [9.17, 15) is 13.6 Å². The van der Waals surface area contributed by atoms with E-state index in [4.69, 9.17) is 4.74 Å². The lowest BCUT2D eigenvalue weighted by molar-refractivity contribution is -0.0563. The summed E-state index contributed by atoms with van der Waals surface area (Å²) < 4.78 is 34.3. The molecule has 1 aliphatic heterocycles. The Kier molecular flexibility index (Phi) is 4.61. The number of hydrogen-bond acceptors (Lipinski definition) is 4. The predicted molar refractivity (Wildman–Crippen MR) is 77.2 cm³/mol. The van der Waals surface area contributed by atoms with Gasteiger partial charge in [0.2, 0.25) is 5.88 Å². The van der Waals surface area contributed by atoms with E-state index in [0.29, 0.717) is 12.2 Å². The second-order valence-corrected chi connectivity index (χ2v) is 5.96. The molecule has 2 N–H and O–H groups in total. The van der Waals surface area contributed by atoms with Gasteiger partial charge >= 0.3 is 12.6 Å². The van der Waals surface area contributed by atoms with E-state index in [2.05, 4.69) is 20.4 Å². The molecule has 2 fully saturated rings. The smallest absolute Gasteiger partial charge is 0.388 e. The molecule has 1 aromatic rings. The highest BCUT2D eigenvalue weighted by Crippen LogP contribution is 2.43. The fourth-order valence-electron chi connectivity index (χ4n) is 2.99. The molecule has 126 valence electrons. The lowest BCUT2D eigenvalue weighted by atomic mass is 9.77. The van der Waals surface area contributed by atoms with Gasteiger partial charge in [-0.3, -0.25) is 0 Å². The molecule has 1 saturated heterocycles. The van der Waals surface area contributed by atoms with Gasteiger partial charge < -0.3 is 20.1 Å². The number of ether oxygens (including phenoxy) is 2. The highest BCUT2D eigenvalue weighted by atomic mass is 19.3. The van der Waals surface area contributed by atoms with Gasteiger partial charge in [-0.2, -0.15) is 8.78 Å². The molecule has 23 heavy (non-hydrogen) atoms. The first-order valence-corrected chi connectivity index (χ1v) is 7.63. The number of nitrogens with zero attached hydrogens (tertiary/aromatic N) is 1. The summed E-state index contributed by atoms with van der Waals surface area (Å²) in [7, 11) is 0. The first-order valence-electron chi connectivity index (χ1n) is 7.63. The maximum atomic E-state index is 12.1. The third kappa shape index (κ3) is 4.07. The zero-order valence-corrected chi connectivity index (χ0v) is 12.6. The standard InChI is InChI=1S/C15H19F2N3O3/c16-13(17)23-12-6-10(2-5-18-12)8-19-14(21)20-11-7-15(22-9-11)3-1-4-15/h2,5-6,11,13H,1,3-4,7-9H2,(H2,19,20,21). The van der Waals surface area contributed by atoms with Crippen molar-refractivity contribution in [1.82, 2.24) is 15.6 Å². The first-order chi connectivity index (χ1) is 11.0. The molecule has 2 amide bonds. The van der Waals surface area contributed by atoms with E-state index in [1.807, 2.05) is 0 Å². The van der Waals surface area contributed by atoms with Gasteiger partial charge in [-0.1, -0.05) is 0 Å². The first kappa shape index (κ1) is 15.9. The molecule has 1 unspecified atom stereocenters. The molecular formula is C15H19F2N3O3. The summed E-state index contributed by atoms with van der Waals surface area (Å²) in [6.07, 6.45) is 5.53. The van der Waals surface area contributed by atoms with Crippen LogP contribution in [0.1, 0.15) is 31.2 Å². The van der Waals surface area contributed by atoms with Crippen molar-refractivity contribution < 1.29 is 23.0 Å². The summed E-state index contributed by atoms with van der Waals surface area (Å²) in [6, 6.07) is 2.71. The Morgan fingerprint density at radius 2 is 2.35 bits per heavy atom. The Bertz CT molecular complexity index is 567. The lowest BCUT2D eigenvalue weighted by Gasteiger charge is -2.37. The second kappa shape index (κ2) is 6.66. The van der Waals surface area contributed by atoms with Gasteiger partial charge in [0.25, 0.3) is 0 Å². The van der Waals surface area contributed by atoms with E-state index in [-0.39, 0.29) is 30.1 Å². The molecule has 1 aromatic heterocycles. The molecular weight excluding hydrogens is 308 g/mol. The Balaban J connectivity index is 1.44. The van der Waals surface area contributed by atoms with Crippen molar-refractivity contribution in [2.24, 2.45) is 0 Å². The minimum absolute atomic E-state index is 0.00937. The van der Waals surface area contributed by atoms with Crippen LogP contribution in [0.3, 0.4) is 0 Å². The summed E-state index contributed by atoms with van der Waals surface area (Å²) in [5.41, 5.74) is 0.619. The van der Waals surface area contributed by atoms with Crippen LogP contribution in [-0.2, 0) is 11.3 Å². The summed E-state index contributed by atoms with van der Waals surface area (Å²) in [6.45, 7) is -2.18. The minimum atomic E-state index is -2.92. The van der Waals surface area contributed by atoms with Gasteiger partial charge in [0.05, 0.1) is 18.2 Å². The van der Waals surface area contributed by atoms with Crippen LogP contribution >= 0.6 is 0 Å². The minimum Gasteiger partial charge on any atom is -0.417 e. The number of urea groups is 1. The third-order valence-electron chi connectivity index (χ3n) is 4.27. The van der Waals surface area contributed by atoms with Gasteiger partial charge in [-0.25, -0.2) is 9.78 Å². The maximum Gasteiger partial charge on any atom is 0.388 e. The van der Waals surface area contributed by atoms with Crippen LogP contribution in [0.25, 0.3) is 0 Å². The van der Waals surface area contributed by atoms with E-state index in [0.717, 1.165) is 19.3 Å². The second-order valence-electron chi connectivity index (χ2n) is 5.96. The van der Waals surface area contributed by atoms with Crippen molar-refractivity contribution in [1.29, 1.82) is 0 Å². The number of carbonyl (C=O) groups is 1. The lowest BCUT2D eigenvalue weighted by Crippen LogP contribution is -2.43. The van der Waals surface area contributed by atoms with Crippen LogP contribution in [0.2, 0.25) is 0 Å². The quantitative estimate of drug-likeness (QED) is 0.869. The average molecular weight is 327 g/mol. The number of rotatable bonds is 5. The van der Waals surface area contributed by atoms with Crippen molar-refractivity contribution in [2.45, 2.75) is 50.5 Å².